The lowest BCUT2D eigenvalue weighted by atomic mass is 9.88. The van der Waals surface area contributed by atoms with Gasteiger partial charge in [0.15, 0.2) is 0 Å². The van der Waals surface area contributed by atoms with E-state index in [9.17, 15) is 18.0 Å². The number of carbonyl (C=O) groups is 1. The molecule has 0 saturated heterocycles. The van der Waals surface area contributed by atoms with Crippen molar-refractivity contribution in [3.8, 4) is 0 Å². The fourth-order valence-corrected chi connectivity index (χ4v) is 2.12. The maximum Gasteiger partial charge on any atom is 0.406 e. The van der Waals surface area contributed by atoms with Gasteiger partial charge in [-0.3, -0.25) is 4.79 Å². The summed E-state index contributed by atoms with van der Waals surface area (Å²) in [7, 11) is 0. The lowest BCUT2D eigenvalue weighted by molar-refractivity contribution is -0.162. The van der Waals surface area contributed by atoms with E-state index in [0.717, 1.165) is 6.42 Å². The number of nitrogens with two attached hydrogens (primary N) is 1. The maximum absolute atomic E-state index is 12.3. The highest BCUT2D eigenvalue weighted by atomic mass is 19.4. The van der Waals surface area contributed by atoms with Crippen LogP contribution >= 0.6 is 0 Å². The van der Waals surface area contributed by atoms with E-state index in [1.54, 1.807) is 0 Å². The first-order valence-corrected chi connectivity index (χ1v) is 6.86. The molecule has 0 rings (SSSR count). The lowest BCUT2D eigenvalue weighted by Crippen LogP contribution is -2.40. The fourth-order valence-electron chi connectivity index (χ4n) is 2.12. The van der Waals surface area contributed by atoms with Crippen LogP contribution in [0.2, 0.25) is 0 Å². The molecule has 120 valence electrons. The molecule has 1 atom stereocenters. The van der Waals surface area contributed by atoms with E-state index in [1.165, 1.54) is 0 Å². The highest BCUT2D eigenvalue weighted by Gasteiger charge is 2.32. The molecule has 1 unspecified atom stereocenters. The Balaban J connectivity index is 4.44. The number of alkyl halides is 3. The predicted octanol–water partition coefficient (Wildman–Crippen LogP) is 1.77. The van der Waals surface area contributed by atoms with Crippen LogP contribution in [-0.4, -0.2) is 48.3 Å². The van der Waals surface area contributed by atoms with E-state index in [-0.39, 0.29) is 18.9 Å². The van der Waals surface area contributed by atoms with Gasteiger partial charge in [0.25, 0.3) is 0 Å². The number of nitrogens with zero attached hydrogens (tertiary/aromatic N) is 1. The Morgan fingerprint density at radius 2 is 1.90 bits per heavy atom. The van der Waals surface area contributed by atoms with Crippen molar-refractivity contribution in [2.24, 2.45) is 17.6 Å². The zero-order chi connectivity index (χ0) is 15.8. The molecule has 7 heteroatoms. The molecule has 4 nitrogen and oxygen atoms in total. The van der Waals surface area contributed by atoms with E-state index in [1.807, 2.05) is 13.8 Å². The fraction of sp³-hybridized carbons (Fsp3) is 0.923. The molecule has 0 bridgehead atoms. The summed E-state index contributed by atoms with van der Waals surface area (Å²) in [5, 5.41) is 8.75. The molecule has 0 aliphatic heterocycles. The monoisotopic (exact) mass is 298 g/mol. The van der Waals surface area contributed by atoms with Crippen molar-refractivity contribution in [2.75, 3.05) is 26.2 Å². The van der Waals surface area contributed by atoms with Gasteiger partial charge < -0.3 is 15.7 Å². The predicted molar refractivity (Wildman–Crippen MR) is 71.0 cm³/mol. The average molecular weight is 298 g/mol. The van der Waals surface area contributed by atoms with E-state index < -0.39 is 25.2 Å². The molecule has 0 heterocycles. The molecule has 1 amide bonds. The number of rotatable bonds is 9. The minimum Gasteiger partial charge on any atom is -0.395 e. The van der Waals surface area contributed by atoms with Crippen LogP contribution in [0.1, 0.15) is 33.1 Å². The number of aliphatic hydroxyl groups is 1. The number of aliphatic hydroxyl groups excluding tert-OH is 1. The van der Waals surface area contributed by atoms with Crippen molar-refractivity contribution in [3.63, 3.8) is 0 Å². The Morgan fingerprint density at radius 3 is 2.30 bits per heavy atom. The summed E-state index contributed by atoms with van der Waals surface area (Å²) in [6.07, 6.45) is -3.11. The third kappa shape index (κ3) is 8.37. The highest BCUT2D eigenvalue weighted by Crippen LogP contribution is 2.22. The molecule has 0 aromatic heterocycles. The number of hydrogen-bond donors (Lipinski definition) is 2. The first kappa shape index (κ1) is 19.2. The molecule has 0 radical (unpaired) electrons. The molecule has 0 fully saturated rings. The largest absolute Gasteiger partial charge is 0.406 e. The minimum absolute atomic E-state index is 0.0545. The molecule has 0 aliphatic carbocycles. The molecule has 0 aromatic carbocycles. The summed E-state index contributed by atoms with van der Waals surface area (Å²) in [6, 6.07) is 0. The third-order valence-corrected chi connectivity index (χ3v) is 3.30. The van der Waals surface area contributed by atoms with Crippen molar-refractivity contribution < 1.29 is 23.1 Å². The Kier molecular flexibility index (Phi) is 8.80. The first-order chi connectivity index (χ1) is 9.21. The SMILES string of the molecule is CC(C)C(CCN)CCC(=O)N(CCO)CC(F)(F)F. The second kappa shape index (κ2) is 9.18. The van der Waals surface area contributed by atoms with Crippen LogP contribution in [0.15, 0.2) is 0 Å². The quantitative estimate of drug-likeness (QED) is 0.682. The second-order valence-electron chi connectivity index (χ2n) is 5.27. The maximum atomic E-state index is 12.3. The van der Waals surface area contributed by atoms with Crippen molar-refractivity contribution in [3.05, 3.63) is 0 Å². The van der Waals surface area contributed by atoms with Gasteiger partial charge in [-0.1, -0.05) is 13.8 Å². The third-order valence-electron chi connectivity index (χ3n) is 3.30. The topological polar surface area (TPSA) is 66.6 Å². The van der Waals surface area contributed by atoms with Gasteiger partial charge in [-0.25, -0.2) is 0 Å². The Morgan fingerprint density at radius 1 is 1.30 bits per heavy atom. The number of halogens is 3. The molecule has 20 heavy (non-hydrogen) atoms. The normalized spacial score (nSPS) is 13.6. The summed E-state index contributed by atoms with van der Waals surface area (Å²) < 4.78 is 37.0. The molecule has 0 aliphatic rings. The lowest BCUT2D eigenvalue weighted by Gasteiger charge is -2.25. The van der Waals surface area contributed by atoms with Crippen LogP contribution in [0.25, 0.3) is 0 Å². The summed E-state index contributed by atoms with van der Waals surface area (Å²) in [4.78, 5) is 12.5. The van der Waals surface area contributed by atoms with Gasteiger partial charge in [0, 0.05) is 13.0 Å². The zero-order valence-electron chi connectivity index (χ0n) is 12.1. The standard InChI is InChI=1S/C13H25F3N2O2/c1-10(2)11(5-6-17)3-4-12(20)18(7-8-19)9-13(14,15)16/h10-11,19H,3-9,17H2,1-2H3. The first-order valence-electron chi connectivity index (χ1n) is 6.86. The van der Waals surface area contributed by atoms with Gasteiger partial charge in [0.05, 0.1) is 6.61 Å². The van der Waals surface area contributed by atoms with E-state index in [0.29, 0.717) is 23.8 Å². The molecule has 0 saturated carbocycles. The highest BCUT2D eigenvalue weighted by molar-refractivity contribution is 5.76. The van der Waals surface area contributed by atoms with Gasteiger partial charge >= 0.3 is 6.18 Å². The van der Waals surface area contributed by atoms with Gasteiger partial charge in [-0.2, -0.15) is 13.2 Å². The Labute approximate surface area is 118 Å². The van der Waals surface area contributed by atoms with E-state index in [2.05, 4.69) is 0 Å². The van der Waals surface area contributed by atoms with Crippen LogP contribution in [-0.2, 0) is 4.79 Å². The van der Waals surface area contributed by atoms with Gasteiger partial charge in [-0.05, 0) is 31.2 Å². The van der Waals surface area contributed by atoms with Gasteiger partial charge in [-0.15, -0.1) is 0 Å². The number of amides is 1. The van der Waals surface area contributed by atoms with Crippen molar-refractivity contribution >= 4 is 5.91 Å². The summed E-state index contributed by atoms with van der Waals surface area (Å²) in [5.74, 6) is -0.00915. The van der Waals surface area contributed by atoms with Crippen molar-refractivity contribution in [1.82, 2.24) is 4.90 Å². The summed E-state index contributed by atoms with van der Waals surface area (Å²) in [6.45, 7) is 2.44. The summed E-state index contributed by atoms with van der Waals surface area (Å²) in [5.41, 5.74) is 5.49. The number of carbonyl (C=O) groups excluding carboxylic acids is 1. The Hall–Kier alpha value is -0.820. The van der Waals surface area contributed by atoms with E-state index in [4.69, 9.17) is 10.8 Å². The van der Waals surface area contributed by atoms with Crippen molar-refractivity contribution in [2.45, 2.75) is 39.3 Å². The molecular weight excluding hydrogens is 273 g/mol. The van der Waals surface area contributed by atoms with Crippen LogP contribution in [0, 0.1) is 11.8 Å². The van der Waals surface area contributed by atoms with Crippen LogP contribution in [0.3, 0.4) is 0 Å². The van der Waals surface area contributed by atoms with Gasteiger partial charge in [0.2, 0.25) is 5.91 Å². The molecular formula is C13H25F3N2O2. The van der Waals surface area contributed by atoms with E-state index >= 15 is 0 Å². The minimum atomic E-state index is -4.44. The van der Waals surface area contributed by atoms with Crippen LogP contribution in [0.5, 0.6) is 0 Å². The summed E-state index contributed by atoms with van der Waals surface area (Å²) >= 11 is 0. The van der Waals surface area contributed by atoms with Crippen molar-refractivity contribution in [1.29, 1.82) is 0 Å². The van der Waals surface area contributed by atoms with Crippen LogP contribution in [0.4, 0.5) is 13.2 Å². The molecule has 0 spiro atoms. The molecule has 3 N–H and O–H groups in total. The average Bonchev–Trinajstić information content (AvgIpc) is 2.31. The van der Waals surface area contributed by atoms with Gasteiger partial charge in [0.1, 0.15) is 6.54 Å². The number of hydrogen-bond acceptors (Lipinski definition) is 3. The van der Waals surface area contributed by atoms with Crippen LogP contribution < -0.4 is 5.73 Å². The second-order valence-corrected chi connectivity index (χ2v) is 5.27. The zero-order valence-corrected chi connectivity index (χ0v) is 12.1. The Bertz CT molecular complexity index is 283. The smallest absolute Gasteiger partial charge is 0.395 e. The molecule has 0 aromatic rings.